The third-order valence-electron chi connectivity index (χ3n) is 4.58. The molecular weight excluding hydrogens is 278 g/mol. The van der Waals surface area contributed by atoms with Crippen molar-refractivity contribution in [3.63, 3.8) is 0 Å². The number of morpholine rings is 1. The zero-order chi connectivity index (χ0) is 15.5. The van der Waals surface area contributed by atoms with E-state index in [4.69, 9.17) is 4.74 Å². The normalized spacial score (nSPS) is 23.6. The second-order valence-corrected chi connectivity index (χ2v) is 6.26. The standard InChI is InChI=1S/C17H25N3O2/c1-14-13-18(2)7-8-20(14)17(21)15-3-5-16(6-4-15)19-9-11-22-12-10-19/h3-6,14H,7-13H2,1-2H3. The molecular formula is C17H25N3O2. The van der Waals surface area contributed by atoms with E-state index in [0.29, 0.717) is 0 Å². The van der Waals surface area contributed by atoms with Gasteiger partial charge in [0.2, 0.25) is 0 Å². The lowest BCUT2D eigenvalue weighted by Gasteiger charge is -2.38. The van der Waals surface area contributed by atoms with E-state index in [9.17, 15) is 4.79 Å². The van der Waals surface area contributed by atoms with E-state index >= 15 is 0 Å². The van der Waals surface area contributed by atoms with Gasteiger partial charge in [0.15, 0.2) is 0 Å². The van der Waals surface area contributed by atoms with E-state index in [0.717, 1.165) is 51.5 Å². The van der Waals surface area contributed by atoms with E-state index in [1.165, 1.54) is 5.69 Å². The first kappa shape index (κ1) is 15.3. The van der Waals surface area contributed by atoms with Crippen LogP contribution in [0.2, 0.25) is 0 Å². The van der Waals surface area contributed by atoms with Gasteiger partial charge in [-0.25, -0.2) is 0 Å². The van der Waals surface area contributed by atoms with Crippen LogP contribution in [0.5, 0.6) is 0 Å². The largest absolute Gasteiger partial charge is 0.378 e. The molecule has 0 N–H and O–H groups in total. The van der Waals surface area contributed by atoms with E-state index < -0.39 is 0 Å². The molecule has 5 nitrogen and oxygen atoms in total. The molecule has 3 rings (SSSR count). The summed E-state index contributed by atoms with van der Waals surface area (Å²) in [6, 6.07) is 8.29. The number of amides is 1. The van der Waals surface area contributed by atoms with Crippen LogP contribution in [0.3, 0.4) is 0 Å². The first-order valence-corrected chi connectivity index (χ1v) is 8.07. The number of carbonyl (C=O) groups excluding carboxylic acids is 1. The predicted molar refractivity (Wildman–Crippen MR) is 87.5 cm³/mol. The fourth-order valence-electron chi connectivity index (χ4n) is 3.24. The van der Waals surface area contributed by atoms with Gasteiger partial charge in [-0.2, -0.15) is 0 Å². The number of piperazine rings is 1. The quantitative estimate of drug-likeness (QED) is 0.825. The Bertz CT molecular complexity index is 511. The average molecular weight is 303 g/mol. The summed E-state index contributed by atoms with van der Waals surface area (Å²) in [6.45, 7) is 8.21. The van der Waals surface area contributed by atoms with Crippen LogP contribution in [-0.2, 0) is 4.74 Å². The summed E-state index contributed by atoms with van der Waals surface area (Å²) in [5.74, 6) is 0.147. The summed E-state index contributed by atoms with van der Waals surface area (Å²) in [4.78, 5) is 19.2. The number of ether oxygens (including phenoxy) is 1. The summed E-state index contributed by atoms with van der Waals surface area (Å²) in [5, 5.41) is 0. The molecule has 0 saturated carbocycles. The topological polar surface area (TPSA) is 36.0 Å². The van der Waals surface area contributed by atoms with Crippen LogP contribution in [0.1, 0.15) is 17.3 Å². The molecule has 1 atom stereocenters. The monoisotopic (exact) mass is 303 g/mol. The minimum atomic E-state index is 0.147. The number of carbonyl (C=O) groups is 1. The molecule has 0 aliphatic carbocycles. The Hall–Kier alpha value is -1.59. The summed E-state index contributed by atoms with van der Waals surface area (Å²) < 4.78 is 5.38. The molecule has 0 bridgehead atoms. The Kier molecular flexibility index (Phi) is 4.64. The number of anilines is 1. The lowest BCUT2D eigenvalue weighted by molar-refractivity contribution is 0.0533. The maximum atomic E-state index is 12.7. The summed E-state index contributed by atoms with van der Waals surface area (Å²) in [6.07, 6.45) is 0. The molecule has 120 valence electrons. The summed E-state index contributed by atoms with van der Waals surface area (Å²) in [5.41, 5.74) is 1.96. The minimum absolute atomic E-state index is 0.147. The molecule has 5 heteroatoms. The molecule has 2 fully saturated rings. The molecule has 0 aromatic heterocycles. The number of likely N-dealkylation sites (N-methyl/N-ethyl adjacent to an activating group) is 1. The fourth-order valence-corrected chi connectivity index (χ4v) is 3.24. The van der Waals surface area contributed by atoms with Crippen molar-refractivity contribution in [2.45, 2.75) is 13.0 Å². The molecule has 1 amide bonds. The highest BCUT2D eigenvalue weighted by atomic mass is 16.5. The van der Waals surface area contributed by atoms with Gasteiger partial charge in [0.25, 0.3) is 5.91 Å². The Labute approximate surface area is 132 Å². The molecule has 2 saturated heterocycles. The van der Waals surface area contributed by atoms with Crippen LogP contribution in [0, 0.1) is 0 Å². The van der Waals surface area contributed by atoms with Crippen molar-refractivity contribution in [2.75, 3.05) is 57.9 Å². The number of hydrogen-bond acceptors (Lipinski definition) is 4. The summed E-state index contributed by atoms with van der Waals surface area (Å²) >= 11 is 0. The Morgan fingerprint density at radius 2 is 1.77 bits per heavy atom. The molecule has 0 spiro atoms. The Morgan fingerprint density at radius 3 is 2.41 bits per heavy atom. The van der Waals surface area contributed by atoms with Gasteiger partial charge in [-0.15, -0.1) is 0 Å². The predicted octanol–water partition coefficient (Wildman–Crippen LogP) is 1.30. The Morgan fingerprint density at radius 1 is 1.09 bits per heavy atom. The van der Waals surface area contributed by atoms with Gasteiger partial charge in [0, 0.05) is 50.0 Å². The van der Waals surface area contributed by atoms with Crippen LogP contribution >= 0.6 is 0 Å². The second kappa shape index (κ2) is 6.67. The highest BCUT2D eigenvalue weighted by Gasteiger charge is 2.26. The molecule has 2 aliphatic rings. The van der Waals surface area contributed by atoms with Crippen molar-refractivity contribution < 1.29 is 9.53 Å². The molecule has 2 aliphatic heterocycles. The first-order chi connectivity index (χ1) is 10.6. The van der Waals surface area contributed by atoms with Gasteiger partial charge in [0.05, 0.1) is 13.2 Å². The molecule has 0 radical (unpaired) electrons. The maximum absolute atomic E-state index is 12.7. The van der Waals surface area contributed by atoms with E-state index in [2.05, 4.69) is 35.9 Å². The number of hydrogen-bond donors (Lipinski definition) is 0. The lowest BCUT2D eigenvalue weighted by atomic mass is 10.1. The van der Waals surface area contributed by atoms with Crippen molar-refractivity contribution in [3.05, 3.63) is 29.8 Å². The molecule has 2 heterocycles. The third-order valence-corrected chi connectivity index (χ3v) is 4.58. The molecule has 1 unspecified atom stereocenters. The smallest absolute Gasteiger partial charge is 0.254 e. The highest BCUT2D eigenvalue weighted by Crippen LogP contribution is 2.19. The van der Waals surface area contributed by atoms with Gasteiger partial charge in [0.1, 0.15) is 0 Å². The van der Waals surface area contributed by atoms with Gasteiger partial charge in [-0.05, 0) is 38.2 Å². The van der Waals surface area contributed by atoms with Crippen molar-refractivity contribution >= 4 is 11.6 Å². The van der Waals surface area contributed by atoms with Crippen molar-refractivity contribution in [1.29, 1.82) is 0 Å². The zero-order valence-corrected chi connectivity index (χ0v) is 13.5. The van der Waals surface area contributed by atoms with Crippen molar-refractivity contribution in [1.82, 2.24) is 9.80 Å². The van der Waals surface area contributed by atoms with Gasteiger partial charge >= 0.3 is 0 Å². The van der Waals surface area contributed by atoms with Gasteiger partial charge in [-0.3, -0.25) is 4.79 Å². The SMILES string of the molecule is CC1CN(C)CCN1C(=O)c1ccc(N2CCOCC2)cc1. The zero-order valence-electron chi connectivity index (χ0n) is 13.5. The number of benzene rings is 1. The van der Waals surface area contributed by atoms with E-state index in [1.807, 2.05) is 17.0 Å². The van der Waals surface area contributed by atoms with Crippen LogP contribution < -0.4 is 4.90 Å². The maximum Gasteiger partial charge on any atom is 0.254 e. The van der Waals surface area contributed by atoms with Crippen LogP contribution in [0.15, 0.2) is 24.3 Å². The van der Waals surface area contributed by atoms with Gasteiger partial charge in [-0.1, -0.05) is 0 Å². The average Bonchev–Trinajstić information content (AvgIpc) is 2.55. The van der Waals surface area contributed by atoms with Crippen molar-refractivity contribution in [3.8, 4) is 0 Å². The van der Waals surface area contributed by atoms with E-state index in [-0.39, 0.29) is 11.9 Å². The van der Waals surface area contributed by atoms with E-state index in [1.54, 1.807) is 0 Å². The van der Waals surface area contributed by atoms with Crippen molar-refractivity contribution in [2.24, 2.45) is 0 Å². The van der Waals surface area contributed by atoms with Gasteiger partial charge < -0.3 is 19.4 Å². The number of rotatable bonds is 2. The summed E-state index contributed by atoms with van der Waals surface area (Å²) in [7, 11) is 2.11. The van der Waals surface area contributed by atoms with Crippen LogP contribution in [-0.4, -0.2) is 74.7 Å². The molecule has 1 aromatic carbocycles. The second-order valence-electron chi connectivity index (χ2n) is 6.26. The molecule has 22 heavy (non-hydrogen) atoms. The number of nitrogens with zero attached hydrogens (tertiary/aromatic N) is 3. The Balaban J connectivity index is 1.68. The lowest BCUT2D eigenvalue weighted by Crippen LogP contribution is -2.52. The highest BCUT2D eigenvalue weighted by molar-refractivity contribution is 5.94. The van der Waals surface area contributed by atoms with Crippen LogP contribution in [0.25, 0.3) is 0 Å². The third kappa shape index (κ3) is 3.25. The van der Waals surface area contributed by atoms with Crippen LogP contribution in [0.4, 0.5) is 5.69 Å². The minimum Gasteiger partial charge on any atom is -0.378 e. The molecule has 1 aromatic rings. The fraction of sp³-hybridized carbons (Fsp3) is 0.588. The first-order valence-electron chi connectivity index (χ1n) is 8.07.